The minimum Gasteiger partial charge on any atom is -0.334 e. The van der Waals surface area contributed by atoms with Crippen molar-refractivity contribution in [3.05, 3.63) is 33.5 Å². The first kappa shape index (κ1) is 12.1. The molecule has 1 aliphatic rings. The number of hydrogen-bond acceptors (Lipinski definition) is 4. The summed E-state index contributed by atoms with van der Waals surface area (Å²) >= 11 is 9.36. The Labute approximate surface area is 118 Å². The largest absolute Gasteiger partial charge is 0.334 e. The normalized spacial score (nSPS) is 19.3. The van der Waals surface area contributed by atoms with E-state index in [1.165, 1.54) is 0 Å². The van der Waals surface area contributed by atoms with Crippen molar-refractivity contribution in [2.45, 2.75) is 18.9 Å². The Kier molecular flexibility index (Phi) is 3.37. The molecule has 94 valence electrons. The highest BCUT2D eigenvalue weighted by molar-refractivity contribution is 9.10. The summed E-state index contributed by atoms with van der Waals surface area (Å²) < 4.78 is 6.16. The first-order chi connectivity index (χ1) is 8.74. The van der Waals surface area contributed by atoms with Crippen molar-refractivity contribution in [1.82, 2.24) is 15.5 Å². The topological polar surface area (TPSA) is 51.0 Å². The lowest BCUT2D eigenvalue weighted by Crippen LogP contribution is -2.14. The van der Waals surface area contributed by atoms with Gasteiger partial charge in [0.15, 0.2) is 5.82 Å². The number of hydrogen-bond donors (Lipinski definition) is 1. The Balaban J connectivity index is 1.92. The zero-order valence-electron chi connectivity index (χ0n) is 9.49. The van der Waals surface area contributed by atoms with Gasteiger partial charge in [-0.25, -0.2) is 0 Å². The van der Waals surface area contributed by atoms with E-state index in [1.54, 1.807) is 6.07 Å². The summed E-state index contributed by atoms with van der Waals surface area (Å²) in [6.07, 6.45) is 2.21. The molecule has 6 heteroatoms. The van der Waals surface area contributed by atoms with Crippen LogP contribution in [0.25, 0.3) is 11.5 Å². The monoisotopic (exact) mass is 327 g/mol. The molecule has 1 unspecified atom stereocenters. The lowest BCUT2D eigenvalue weighted by atomic mass is 10.2. The molecule has 0 radical (unpaired) electrons. The maximum Gasteiger partial charge on any atom is 0.259 e. The Morgan fingerprint density at radius 3 is 3.06 bits per heavy atom. The van der Waals surface area contributed by atoms with Crippen LogP contribution in [0.3, 0.4) is 0 Å². The standard InChI is InChI=1S/C12H11BrClN3O/c13-9-6-7(14)3-4-8(9)12-16-11(17-18-12)10-2-1-5-15-10/h3-4,6,10,15H,1-2,5H2. The van der Waals surface area contributed by atoms with Crippen LogP contribution in [0.4, 0.5) is 0 Å². The van der Waals surface area contributed by atoms with Crippen LogP contribution < -0.4 is 5.32 Å². The number of benzene rings is 1. The van der Waals surface area contributed by atoms with E-state index in [-0.39, 0.29) is 6.04 Å². The predicted octanol–water partition coefficient (Wildman–Crippen LogP) is 3.58. The van der Waals surface area contributed by atoms with Crippen LogP contribution in [0.2, 0.25) is 5.02 Å². The molecular weight excluding hydrogens is 318 g/mol. The molecule has 0 aliphatic carbocycles. The minimum absolute atomic E-state index is 0.216. The number of nitrogens with one attached hydrogen (secondary N) is 1. The van der Waals surface area contributed by atoms with Crippen LogP contribution >= 0.6 is 27.5 Å². The molecule has 0 saturated carbocycles. The quantitative estimate of drug-likeness (QED) is 0.915. The third-order valence-corrected chi connectivity index (χ3v) is 3.87. The second-order valence-corrected chi connectivity index (χ2v) is 5.52. The van der Waals surface area contributed by atoms with Gasteiger partial charge in [-0.3, -0.25) is 0 Å². The van der Waals surface area contributed by atoms with Crippen molar-refractivity contribution >= 4 is 27.5 Å². The van der Waals surface area contributed by atoms with Crippen LogP contribution in [0.1, 0.15) is 24.7 Å². The molecule has 1 atom stereocenters. The average Bonchev–Trinajstić information content (AvgIpc) is 2.99. The van der Waals surface area contributed by atoms with Crippen LogP contribution in [0.5, 0.6) is 0 Å². The van der Waals surface area contributed by atoms with Crippen LogP contribution in [0, 0.1) is 0 Å². The average molecular weight is 329 g/mol. The van der Waals surface area contributed by atoms with Gasteiger partial charge in [0.25, 0.3) is 5.89 Å². The predicted molar refractivity (Wildman–Crippen MR) is 72.4 cm³/mol. The van der Waals surface area contributed by atoms with Gasteiger partial charge in [0, 0.05) is 9.50 Å². The van der Waals surface area contributed by atoms with Gasteiger partial charge in [0.2, 0.25) is 0 Å². The van der Waals surface area contributed by atoms with E-state index >= 15 is 0 Å². The molecule has 1 saturated heterocycles. The van der Waals surface area contributed by atoms with Gasteiger partial charge in [0.05, 0.1) is 11.6 Å². The van der Waals surface area contributed by atoms with Gasteiger partial charge in [0.1, 0.15) is 0 Å². The molecule has 2 heterocycles. The summed E-state index contributed by atoms with van der Waals surface area (Å²) in [5, 5.41) is 8.05. The molecule has 0 spiro atoms. The van der Waals surface area contributed by atoms with E-state index < -0.39 is 0 Å². The SMILES string of the molecule is Clc1ccc(-c2nc(C3CCCN3)no2)c(Br)c1. The summed E-state index contributed by atoms with van der Waals surface area (Å²) in [6, 6.07) is 5.70. The van der Waals surface area contributed by atoms with Crippen LogP contribution in [0.15, 0.2) is 27.2 Å². The number of aromatic nitrogens is 2. The molecule has 3 rings (SSSR count). The van der Waals surface area contributed by atoms with Crippen molar-refractivity contribution in [2.24, 2.45) is 0 Å². The molecule has 0 bridgehead atoms. The summed E-state index contributed by atoms with van der Waals surface area (Å²) in [5.74, 6) is 1.24. The van der Waals surface area contributed by atoms with E-state index in [0.717, 1.165) is 35.2 Å². The van der Waals surface area contributed by atoms with E-state index in [0.29, 0.717) is 10.9 Å². The van der Waals surface area contributed by atoms with Gasteiger partial charge >= 0.3 is 0 Å². The summed E-state index contributed by atoms with van der Waals surface area (Å²) in [4.78, 5) is 4.44. The Morgan fingerprint density at radius 2 is 2.33 bits per heavy atom. The highest BCUT2D eigenvalue weighted by Crippen LogP contribution is 2.30. The van der Waals surface area contributed by atoms with Crippen molar-refractivity contribution in [3.63, 3.8) is 0 Å². The molecular formula is C12H11BrClN3O. The molecule has 1 fully saturated rings. The zero-order valence-corrected chi connectivity index (χ0v) is 11.8. The molecule has 1 N–H and O–H groups in total. The van der Waals surface area contributed by atoms with Crippen molar-refractivity contribution < 1.29 is 4.52 Å². The lowest BCUT2D eigenvalue weighted by molar-refractivity contribution is 0.412. The van der Waals surface area contributed by atoms with Gasteiger partial charge in [-0.05, 0) is 53.5 Å². The van der Waals surface area contributed by atoms with Gasteiger partial charge in [-0.15, -0.1) is 0 Å². The summed E-state index contributed by atoms with van der Waals surface area (Å²) in [6.45, 7) is 1.01. The van der Waals surface area contributed by atoms with Gasteiger partial charge in [-0.2, -0.15) is 4.98 Å². The third kappa shape index (κ3) is 2.30. The molecule has 0 amide bonds. The maximum atomic E-state index is 5.91. The highest BCUT2D eigenvalue weighted by Gasteiger charge is 2.22. The third-order valence-electron chi connectivity index (χ3n) is 2.98. The fourth-order valence-electron chi connectivity index (χ4n) is 2.05. The van der Waals surface area contributed by atoms with Gasteiger partial charge in [-0.1, -0.05) is 16.8 Å². The van der Waals surface area contributed by atoms with Crippen molar-refractivity contribution in [1.29, 1.82) is 0 Å². The van der Waals surface area contributed by atoms with E-state index in [9.17, 15) is 0 Å². The second-order valence-electron chi connectivity index (χ2n) is 4.23. The molecule has 1 aromatic carbocycles. The van der Waals surface area contributed by atoms with Crippen LogP contribution in [-0.4, -0.2) is 16.7 Å². The first-order valence-corrected chi connectivity index (χ1v) is 6.93. The summed E-state index contributed by atoms with van der Waals surface area (Å²) in [5.41, 5.74) is 0.858. The Morgan fingerprint density at radius 1 is 1.44 bits per heavy atom. The maximum absolute atomic E-state index is 5.91. The summed E-state index contributed by atoms with van der Waals surface area (Å²) in [7, 11) is 0. The van der Waals surface area contributed by atoms with Crippen molar-refractivity contribution in [2.75, 3.05) is 6.54 Å². The molecule has 4 nitrogen and oxygen atoms in total. The zero-order chi connectivity index (χ0) is 12.5. The Bertz CT molecular complexity index is 566. The molecule has 2 aromatic rings. The number of rotatable bonds is 2. The smallest absolute Gasteiger partial charge is 0.259 e. The molecule has 1 aromatic heterocycles. The first-order valence-electron chi connectivity index (χ1n) is 5.76. The minimum atomic E-state index is 0.216. The fourth-order valence-corrected chi connectivity index (χ4v) is 2.91. The highest BCUT2D eigenvalue weighted by atomic mass is 79.9. The van der Waals surface area contributed by atoms with Crippen molar-refractivity contribution in [3.8, 4) is 11.5 Å². The molecule has 1 aliphatic heterocycles. The van der Waals surface area contributed by atoms with Gasteiger partial charge < -0.3 is 9.84 Å². The Hall–Kier alpha value is -0.910. The second kappa shape index (κ2) is 4.99. The lowest BCUT2D eigenvalue weighted by Gasteiger charge is -2.02. The fraction of sp³-hybridized carbons (Fsp3) is 0.333. The number of halogens is 2. The molecule has 18 heavy (non-hydrogen) atoms. The van der Waals surface area contributed by atoms with E-state index in [1.807, 2.05) is 12.1 Å². The van der Waals surface area contributed by atoms with Crippen LogP contribution in [-0.2, 0) is 0 Å². The number of nitrogens with zero attached hydrogens (tertiary/aromatic N) is 2. The van der Waals surface area contributed by atoms with E-state index in [4.69, 9.17) is 16.1 Å². The van der Waals surface area contributed by atoms with E-state index in [2.05, 4.69) is 31.4 Å².